The Balaban J connectivity index is 1.86. The van der Waals surface area contributed by atoms with E-state index in [1.165, 1.54) is 16.7 Å². The second kappa shape index (κ2) is 6.42. The Morgan fingerprint density at radius 3 is 2.26 bits per heavy atom. The number of nitrogens with one attached hydrogen (secondary N) is 1. The van der Waals surface area contributed by atoms with E-state index in [1.807, 2.05) is 19.2 Å². The van der Waals surface area contributed by atoms with Gasteiger partial charge in [-0.3, -0.25) is 0 Å². The largest absolute Gasteiger partial charge is 0.487 e. The Kier molecular flexibility index (Phi) is 4.44. The predicted molar refractivity (Wildman–Crippen MR) is 110 cm³/mol. The van der Waals surface area contributed by atoms with Gasteiger partial charge in [0.1, 0.15) is 22.7 Å². The van der Waals surface area contributed by atoms with Crippen LogP contribution in [0.2, 0.25) is 5.02 Å². The molecule has 2 aliphatic rings. The van der Waals surface area contributed by atoms with Crippen molar-refractivity contribution < 1.29 is 9.47 Å². The lowest BCUT2D eigenvalue weighted by molar-refractivity contribution is 0.0603. The molecule has 2 unspecified atom stereocenters. The number of benzene rings is 2. The molecule has 0 aromatic heterocycles. The summed E-state index contributed by atoms with van der Waals surface area (Å²) >= 11 is 6.29. The van der Waals surface area contributed by atoms with E-state index in [0.29, 0.717) is 0 Å². The van der Waals surface area contributed by atoms with Gasteiger partial charge in [-0.15, -0.1) is 0 Å². The molecule has 4 heteroatoms. The van der Waals surface area contributed by atoms with Crippen molar-refractivity contribution in [2.24, 2.45) is 0 Å². The highest BCUT2D eigenvalue weighted by Gasteiger charge is 2.39. The van der Waals surface area contributed by atoms with Crippen LogP contribution in [0.3, 0.4) is 0 Å². The average molecular weight is 386 g/mol. The van der Waals surface area contributed by atoms with Crippen LogP contribution < -0.4 is 14.8 Å². The van der Waals surface area contributed by atoms with Crippen molar-refractivity contribution in [1.29, 1.82) is 0 Å². The predicted octanol–water partition coefficient (Wildman–Crippen LogP) is 5.85. The summed E-state index contributed by atoms with van der Waals surface area (Å²) in [6.07, 6.45) is 1.85. The molecule has 0 amide bonds. The summed E-state index contributed by atoms with van der Waals surface area (Å²) in [5.74, 6) is 2.09. The van der Waals surface area contributed by atoms with Crippen LogP contribution in [0.4, 0.5) is 0 Å². The second-order valence-corrected chi connectivity index (χ2v) is 9.44. The zero-order valence-electron chi connectivity index (χ0n) is 16.7. The number of hydrogen-bond donors (Lipinski definition) is 1. The van der Waals surface area contributed by atoms with Crippen molar-refractivity contribution in [2.75, 3.05) is 7.05 Å². The van der Waals surface area contributed by atoms with Crippen LogP contribution in [0, 0.1) is 0 Å². The molecule has 0 fully saturated rings. The zero-order chi connectivity index (χ0) is 19.4. The minimum Gasteiger partial charge on any atom is -0.487 e. The highest BCUT2D eigenvalue weighted by atomic mass is 35.5. The Morgan fingerprint density at radius 1 is 0.926 bits per heavy atom. The SMILES string of the molecule is CNC1CC(C)(C)Oc2cc3c(cc21)C(c1cccc(Cl)c1)CC(C)(C)O3. The lowest BCUT2D eigenvalue weighted by Gasteiger charge is -2.42. The van der Waals surface area contributed by atoms with Gasteiger partial charge in [0.2, 0.25) is 0 Å². The van der Waals surface area contributed by atoms with Crippen molar-refractivity contribution in [3.63, 3.8) is 0 Å². The Hall–Kier alpha value is -1.71. The molecule has 4 rings (SSSR count). The van der Waals surface area contributed by atoms with Gasteiger partial charge in [0, 0.05) is 40.6 Å². The van der Waals surface area contributed by atoms with Crippen LogP contribution in [-0.4, -0.2) is 18.2 Å². The normalized spacial score (nSPS) is 25.0. The molecule has 0 bridgehead atoms. The molecular formula is C23H28ClNO2. The van der Waals surface area contributed by atoms with Gasteiger partial charge >= 0.3 is 0 Å². The van der Waals surface area contributed by atoms with E-state index in [4.69, 9.17) is 21.1 Å². The Bertz CT molecular complexity index is 875. The van der Waals surface area contributed by atoms with Gasteiger partial charge in [0.05, 0.1) is 0 Å². The van der Waals surface area contributed by atoms with Crippen LogP contribution in [0.15, 0.2) is 36.4 Å². The lowest BCUT2D eigenvalue weighted by atomic mass is 9.78. The lowest BCUT2D eigenvalue weighted by Crippen LogP contribution is -2.39. The third-order valence-electron chi connectivity index (χ3n) is 5.66. The first-order chi connectivity index (χ1) is 12.7. The molecule has 2 aliphatic heterocycles. The third kappa shape index (κ3) is 3.55. The molecule has 1 N–H and O–H groups in total. The zero-order valence-corrected chi connectivity index (χ0v) is 17.5. The molecule has 0 spiro atoms. The highest BCUT2D eigenvalue weighted by molar-refractivity contribution is 6.30. The van der Waals surface area contributed by atoms with E-state index in [-0.39, 0.29) is 23.2 Å². The van der Waals surface area contributed by atoms with Crippen molar-refractivity contribution in [3.8, 4) is 11.5 Å². The number of fused-ring (bicyclic) bond motifs is 2. The van der Waals surface area contributed by atoms with Crippen LogP contribution in [-0.2, 0) is 0 Å². The first-order valence-electron chi connectivity index (χ1n) is 9.66. The number of rotatable bonds is 2. The van der Waals surface area contributed by atoms with Crippen LogP contribution >= 0.6 is 11.6 Å². The van der Waals surface area contributed by atoms with Crippen molar-refractivity contribution >= 4 is 11.6 Å². The summed E-state index contributed by atoms with van der Waals surface area (Å²) in [5.41, 5.74) is 3.22. The molecule has 2 aromatic rings. The molecule has 0 saturated heterocycles. The molecule has 2 heterocycles. The molecule has 2 atom stereocenters. The monoisotopic (exact) mass is 385 g/mol. The first kappa shape index (κ1) is 18.6. The van der Waals surface area contributed by atoms with E-state index < -0.39 is 0 Å². The van der Waals surface area contributed by atoms with Crippen LogP contribution in [0.5, 0.6) is 11.5 Å². The maximum atomic E-state index is 6.37. The van der Waals surface area contributed by atoms with Crippen molar-refractivity contribution in [1.82, 2.24) is 5.32 Å². The van der Waals surface area contributed by atoms with E-state index in [9.17, 15) is 0 Å². The van der Waals surface area contributed by atoms with Gasteiger partial charge in [-0.2, -0.15) is 0 Å². The number of hydrogen-bond acceptors (Lipinski definition) is 3. The molecule has 0 aliphatic carbocycles. The number of halogens is 1. The minimum atomic E-state index is -0.249. The molecule has 2 aromatic carbocycles. The molecule has 0 radical (unpaired) electrons. The summed E-state index contributed by atoms with van der Waals surface area (Å²) < 4.78 is 12.7. The van der Waals surface area contributed by atoms with Crippen LogP contribution in [0.25, 0.3) is 0 Å². The van der Waals surface area contributed by atoms with Crippen molar-refractivity contribution in [3.05, 3.63) is 58.1 Å². The van der Waals surface area contributed by atoms with Gasteiger partial charge in [-0.25, -0.2) is 0 Å². The van der Waals surface area contributed by atoms with E-state index >= 15 is 0 Å². The maximum absolute atomic E-state index is 6.37. The van der Waals surface area contributed by atoms with Gasteiger partial charge in [0.15, 0.2) is 0 Å². The summed E-state index contributed by atoms with van der Waals surface area (Å²) in [6, 6.07) is 12.8. The molecule has 0 saturated carbocycles. The third-order valence-corrected chi connectivity index (χ3v) is 5.89. The smallest absolute Gasteiger partial charge is 0.128 e. The molecule has 3 nitrogen and oxygen atoms in total. The van der Waals surface area contributed by atoms with Crippen LogP contribution in [0.1, 0.15) is 69.2 Å². The quantitative estimate of drug-likeness (QED) is 0.702. The summed E-state index contributed by atoms with van der Waals surface area (Å²) in [4.78, 5) is 0. The fraction of sp³-hybridized carbons (Fsp3) is 0.478. The molecule has 144 valence electrons. The topological polar surface area (TPSA) is 30.5 Å². The van der Waals surface area contributed by atoms with E-state index in [1.54, 1.807) is 0 Å². The van der Waals surface area contributed by atoms with Gasteiger partial charge in [-0.1, -0.05) is 23.7 Å². The van der Waals surface area contributed by atoms with Gasteiger partial charge in [-0.05, 0) is 64.9 Å². The fourth-order valence-corrected chi connectivity index (χ4v) is 4.68. The second-order valence-electron chi connectivity index (χ2n) is 9.01. The van der Waals surface area contributed by atoms with E-state index in [0.717, 1.165) is 29.4 Å². The molecule has 27 heavy (non-hydrogen) atoms. The van der Waals surface area contributed by atoms with Gasteiger partial charge in [0.25, 0.3) is 0 Å². The number of ether oxygens (including phenoxy) is 2. The average Bonchev–Trinajstić information content (AvgIpc) is 2.57. The van der Waals surface area contributed by atoms with Gasteiger partial charge < -0.3 is 14.8 Å². The Morgan fingerprint density at radius 2 is 1.59 bits per heavy atom. The fourth-order valence-electron chi connectivity index (χ4n) is 4.48. The summed E-state index contributed by atoms with van der Waals surface area (Å²) in [6.45, 7) is 8.57. The summed E-state index contributed by atoms with van der Waals surface area (Å²) in [7, 11) is 2.02. The Labute approximate surface area is 167 Å². The molecular weight excluding hydrogens is 358 g/mol. The minimum absolute atomic E-state index is 0.203. The van der Waals surface area contributed by atoms with E-state index in [2.05, 4.69) is 57.3 Å². The summed E-state index contributed by atoms with van der Waals surface area (Å²) in [5, 5.41) is 4.23. The highest BCUT2D eigenvalue weighted by Crippen LogP contribution is 2.50. The maximum Gasteiger partial charge on any atom is 0.128 e. The standard InChI is InChI=1S/C23H28ClNO2/c1-22(2)12-18(14-7-6-8-15(24)9-14)16-10-17-19(25-5)13-23(3,4)27-21(17)11-20(16)26-22/h6-11,18-19,25H,12-13H2,1-5H3. The van der Waals surface area contributed by atoms with Crippen molar-refractivity contribution in [2.45, 2.75) is 63.7 Å². The first-order valence-corrected chi connectivity index (χ1v) is 10.0.